The summed E-state index contributed by atoms with van der Waals surface area (Å²) in [4.78, 5) is 12.2. The van der Waals surface area contributed by atoms with Gasteiger partial charge in [-0.15, -0.1) is 10.2 Å². The highest BCUT2D eigenvalue weighted by molar-refractivity contribution is 5.96. The molecule has 2 N–H and O–H groups in total. The van der Waals surface area contributed by atoms with E-state index in [1.54, 1.807) is 30.0 Å². The van der Waals surface area contributed by atoms with Crippen molar-refractivity contribution in [2.24, 2.45) is 0 Å². The van der Waals surface area contributed by atoms with Gasteiger partial charge in [0.1, 0.15) is 11.6 Å². The van der Waals surface area contributed by atoms with E-state index in [9.17, 15) is 4.79 Å². The van der Waals surface area contributed by atoms with Crippen LogP contribution in [0.5, 0.6) is 5.75 Å². The fourth-order valence-electron chi connectivity index (χ4n) is 2.38. The first kappa shape index (κ1) is 17.4. The summed E-state index contributed by atoms with van der Waals surface area (Å²) >= 11 is 0. The molecule has 0 aliphatic rings. The minimum absolute atomic E-state index is 0.181. The Morgan fingerprint density at radius 3 is 2.65 bits per heavy atom. The topological polar surface area (TPSA) is 94.0 Å². The number of carbonyl (C=O) groups excluding carboxylic acids is 1. The quantitative estimate of drug-likeness (QED) is 0.630. The van der Waals surface area contributed by atoms with E-state index in [2.05, 4.69) is 25.9 Å². The Balaban J connectivity index is 1.48. The number of rotatable bonds is 7. The van der Waals surface area contributed by atoms with Crippen molar-refractivity contribution in [2.45, 2.75) is 6.92 Å². The first-order valence-corrected chi connectivity index (χ1v) is 8.19. The molecule has 0 bridgehead atoms. The van der Waals surface area contributed by atoms with Gasteiger partial charge in [-0.2, -0.15) is 5.10 Å². The van der Waals surface area contributed by atoms with Crippen molar-refractivity contribution in [3.05, 3.63) is 59.9 Å². The monoisotopic (exact) mass is 352 g/mol. The minimum atomic E-state index is -0.181. The van der Waals surface area contributed by atoms with E-state index >= 15 is 0 Å². The van der Waals surface area contributed by atoms with Crippen LogP contribution in [0.2, 0.25) is 0 Å². The molecule has 1 aromatic carbocycles. The third-order valence-electron chi connectivity index (χ3n) is 3.68. The van der Waals surface area contributed by atoms with Crippen molar-refractivity contribution >= 4 is 11.7 Å². The number of ether oxygens (including phenoxy) is 1. The highest BCUT2D eigenvalue weighted by atomic mass is 16.5. The second-order valence-corrected chi connectivity index (χ2v) is 5.56. The average Bonchev–Trinajstić information content (AvgIpc) is 3.12. The van der Waals surface area contributed by atoms with E-state index in [1.165, 1.54) is 0 Å². The summed E-state index contributed by atoms with van der Waals surface area (Å²) in [6.45, 7) is 2.88. The maximum Gasteiger partial charge on any atom is 0.255 e. The number of benzene rings is 1. The second-order valence-electron chi connectivity index (χ2n) is 5.56. The van der Waals surface area contributed by atoms with Crippen LogP contribution in [0.3, 0.4) is 0 Å². The highest BCUT2D eigenvalue weighted by Crippen LogP contribution is 2.16. The minimum Gasteiger partial charge on any atom is -0.496 e. The number of carbonyl (C=O) groups is 1. The molecule has 0 atom stereocenters. The van der Waals surface area contributed by atoms with Crippen LogP contribution < -0.4 is 15.4 Å². The summed E-state index contributed by atoms with van der Waals surface area (Å²) in [6, 6.07) is 12.7. The van der Waals surface area contributed by atoms with E-state index in [0.717, 1.165) is 5.69 Å². The largest absolute Gasteiger partial charge is 0.496 e. The third-order valence-corrected chi connectivity index (χ3v) is 3.68. The van der Waals surface area contributed by atoms with E-state index in [0.29, 0.717) is 36.0 Å². The molecule has 0 spiro atoms. The number of aryl methyl sites for hydroxylation is 1. The number of hydrogen-bond donors (Lipinski definition) is 2. The van der Waals surface area contributed by atoms with Crippen LogP contribution in [-0.4, -0.2) is 46.1 Å². The van der Waals surface area contributed by atoms with Crippen LogP contribution in [0.4, 0.5) is 5.82 Å². The molecule has 3 rings (SSSR count). The van der Waals surface area contributed by atoms with Gasteiger partial charge in [0.05, 0.1) is 18.4 Å². The molecule has 2 aromatic heterocycles. The smallest absolute Gasteiger partial charge is 0.255 e. The molecule has 8 nitrogen and oxygen atoms in total. The van der Waals surface area contributed by atoms with E-state index in [-0.39, 0.29) is 5.91 Å². The Bertz CT molecular complexity index is 875. The number of aromatic nitrogens is 4. The summed E-state index contributed by atoms with van der Waals surface area (Å²) in [5.74, 6) is 1.64. The van der Waals surface area contributed by atoms with E-state index < -0.39 is 0 Å². The van der Waals surface area contributed by atoms with Crippen molar-refractivity contribution in [3.63, 3.8) is 0 Å². The van der Waals surface area contributed by atoms with Gasteiger partial charge in [-0.1, -0.05) is 12.1 Å². The predicted molar refractivity (Wildman–Crippen MR) is 97.7 cm³/mol. The molecular formula is C18H20N6O2. The third kappa shape index (κ3) is 4.15. The standard InChI is InChI=1S/C18H20N6O2/c1-13-9-12-24(23-13)17-8-7-16(21-22-17)19-10-11-20-18(25)14-5-3-4-6-15(14)26-2/h3-9,12H,10-11H2,1-2H3,(H,19,21)(H,20,25). The van der Waals surface area contributed by atoms with Gasteiger partial charge in [-0.05, 0) is 37.3 Å². The number of para-hydroxylation sites is 1. The van der Waals surface area contributed by atoms with Gasteiger partial charge in [0, 0.05) is 19.3 Å². The first-order valence-electron chi connectivity index (χ1n) is 8.19. The lowest BCUT2D eigenvalue weighted by molar-refractivity contribution is 0.0952. The highest BCUT2D eigenvalue weighted by Gasteiger charge is 2.10. The van der Waals surface area contributed by atoms with Crippen molar-refractivity contribution in [1.82, 2.24) is 25.3 Å². The molecule has 0 aliphatic heterocycles. The van der Waals surface area contributed by atoms with E-state index in [4.69, 9.17) is 4.74 Å². The molecule has 0 aliphatic carbocycles. The molecule has 0 radical (unpaired) electrons. The van der Waals surface area contributed by atoms with Crippen molar-refractivity contribution in [1.29, 1.82) is 0 Å². The van der Waals surface area contributed by atoms with E-state index in [1.807, 2.05) is 37.4 Å². The Labute approximate surface area is 151 Å². The Kier molecular flexibility index (Phi) is 5.43. The number of anilines is 1. The van der Waals surface area contributed by atoms with Gasteiger partial charge in [0.25, 0.3) is 5.91 Å². The fourth-order valence-corrected chi connectivity index (χ4v) is 2.38. The molecule has 26 heavy (non-hydrogen) atoms. The van der Waals surface area contributed by atoms with Crippen LogP contribution in [0.25, 0.3) is 5.82 Å². The van der Waals surface area contributed by atoms with Crippen LogP contribution in [0.15, 0.2) is 48.7 Å². The van der Waals surface area contributed by atoms with Gasteiger partial charge in [-0.25, -0.2) is 4.68 Å². The van der Waals surface area contributed by atoms with Gasteiger partial charge >= 0.3 is 0 Å². The Morgan fingerprint density at radius 1 is 1.12 bits per heavy atom. The molecule has 8 heteroatoms. The summed E-state index contributed by atoms with van der Waals surface area (Å²) < 4.78 is 6.86. The normalized spacial score (nSPS) is 10.4. The molecule has 0 saturated carbocycles. The lowest BCUT2D eigenvalue weighted by Gasteiger charge is -2.10. The number of amides is 1. The first-order chi connectivity index (χ1) is 12.7. The number of methoxy groups -OCH3 is 1. The van der Waals surface area contributed by atoms with Crippen LogP contribution in [0.1, 0.15) is 16.1 Å². The van der Waals surface area contributed by atoms with Gasteiger partial charge in [-0.3, -0.25) is 4.79 Å². The van der Waals surface area contributed by atoms with Crippen molar-refractivity contribution in [2.75, 3.05) is 25.5 Å². The zero-order valence-electron chi connectivity index (χ0n) is 14.6. The summed E-state index contributed by atoms with van der Waals surface area (Å²) in [6.07, 6.45) is 1.83. The Hall–Kier alpha value is -3.42. The van der Waals surface area contributed by atoms with Gasteiger partial charge < -0.3 is 15.4 Å². The summed E-state index contributed by atoms with van der Waals surface area (Å²) in [7, 11) is 1.54. The predicted octanol–water partition coefficient (Wildman–Crippen LogP) is 1.82. The maximum atomic E-state index is 12.2. The van der Waals surface area contributed by atoms with Crippen LogP contribution in [-0.2, 0) is 0 Å². The number of nitrogens with zero attached hydrogens (tertiary/aromatic N) is 4. The zero-order valence-corrected chi connectivity index (χ0v) is 14.6. The van der Waals surface area contributed by atoms with Gasteiger partial charge in [0.2, 0.25) is 0 Å². The molecule has 0 unspecified atom stereocenters. The lowest BCUT2D eigenvalue weighted by Crippen LogP contribution is -2.29. The molecule has 0 fully saturated rings. The number of hydrogen-bond acceptors (Lipinski definition) is 6. The molecule has 0 saturated heterocycles. The molecule has 134 valence electrons. The van der Waals surface area contributed by atoms with Crippen molar-refractivity contribution < 1.29 is 9.53 Å². The Morgan fingerprint density at radius 2 is 1.96 bits per heavy atom. The second kappa shape index (κ2) is 8.11. The van der Waals surface area contributed by atoms with Crippen molar-refractivity contribution in [3.8, 4) is 11.6 Å². The SMILES string of the molecule is COc1ccccc1C(=O)NCCNc1ccc(-n2ccc(C)n2)nn1. The molecular weight excluding hydrogens is 332 g/mol. The molecule has 3 aromatic rings. The van der Waals surface area contributed by atoms with Crippen LogP contribution in [0, 0.1) is 6.92 Å². The number of nitrogens with one attached hydrogen (secondary N) is 2. The molecule has 1 amide bonds. The van der Waals surface area contributed by atoms with Crippen LogP contribution >= 0.6 is 0 Å². The average molecular weight is 352 g/mol. The summed E-state index contributed by atoms with van der Waals surface area (Å²) in [5, 5.41) is 18.5. The maximum absolute atomic E-state index is 12.2. The summed E-state index contributed by atoms with van der Waals surface area (Å²) in [5.41, 5.74) is 1.42. The molecule has 2 heterocycles. The lowest BCUT2D eigenvalue weighted by atomic mass is 10.2. The van der Waals surface area contributed by atoms with Gasteiger partial charge in [0.15, 0.2) is 5.82 Å². The zero-order chi connectivity index (χ0) is 18.4. The fraction of sp³-hybridized carbons (Fsp3) is 0.222.